The molecule has 2 aromatic rings. The average Bonchev–Trinajstić information content (AvgIpc) is 2.70. The highest BCUT2D eigenvalue weighted by atomic mass is 16.1. The minimum atomic E-state index is -0.235. The van der Waals surface area contributed by atoms with E-state index in [1.807, 2.05) is 30.5 Å². The third-order valence-corrected chi connectivity index (χ3v) is 4.60. The molecule has 0 radical (unpaired) electrons. The number of aromatic nitrogens is 2. The molecule has 0 spiro atoms. The highest BCUT2D eigenvalue weighted by Gasteiger charge is 2.38. The fourth-order valence-corrected chi connectivity index (χ4v) is 3.57. The molecule has 0 aromatic carbocycles. The van der Waals surface area contributed by atoms with E-state index >= 15 is 0 Å². The van der Waals surface area contributed by atoms with Crippen molar-refractivity contribution >= 4 is 17.3 Å². The maximum absolute atomic E-state index is 13.0. The average molecular weight is 320 g/mol. The van der Waals surface area contributed by atoms with Crippen molar-refractivity contribution in [3.63, 3.8) is 0 Å². The van der Waals surface area contributed by atoms with Gasteiger partial charge in [0.15, 0.2) is 5.78 Å². The standard InChI is InChI=1S/C19H20N4O/c1-19(2)9-14-16(15(24)10-19)17(12-5-3-7-20-11-12)23-18-13(22-14)6-4-8-21-18/h3-8,11,17,22H,9-10H2,1-2H3,(H,21,23). The van der Waals surface area contributed by atoms with E-state index in [2.05, 4.69) is 34.4 Å². The number of fused-ring (bicyclic) bond motifs is 1. The summed E-state index contributed by atoms with van der Waals surface area (Å²) in [6, 6.07) is 7.54. The molecular weight excluding hydrogens is 300 g/mol. The van der Waals surface area contributed by atoms with Crippen LogP contribution in [0.5, 0.6) is 0 Å². The summed E-state index contributed by atoms with van der Waals surface area (Å²) < 4.78 is 0. The van der Waals surface area contributed by atoms with Gasteiger partial charge in [-0.1, -0.05) is 19.9 Å². The second-order valence-electron chi connectivity index (χ2n) is 7.22. The van der Waals surface area contributed by atoms with Gasteiger partial charge in [-0.15, -0.1) is 0 Å². The molecule has 0 amide bonds. The van der Waals surface area contributed by atoms with E-state index in [-0.39, 0.29) is 17.2 Å². The summed E-state index contributed by atoms with van der Waals surface area (Å²) in [6.45, 7) is 4.27. The molecule has 2 N–H and O–H groups in total. The summed E-state index contributed by atoms with van der Waals surface area (Å²) in [5, 5.41) is 6.90. The lowest BCUT2D eigenvalue weighted by atomic mass is 9.73. The van der Waals surface area contributed by atoms with E-state index in [9.17, 15) is 4.79 Å². The molecule has 24 heavy (non-hydrogen) atoms. The van der Waals surface area contributed by atoms with Crippen LogP contribution in [0.2, 0.25) is 0 Å². The van der Waals surface area contributed by atoms with Gasteiger partial charge in [-0.25, -0.2) is 4.98 Å². The molecule has 2 aliphatic rings. The van der Waals surface area contributed by atoms with Gasteiger partial charge in [0, 0.05) is 36.3 Å². The fraction of sp³-hybridized carbons (Fsp3) is 0.316. The van der Waals surface area contributed by atoms with E-state index in [0.717, 1.165) is 34.8 Å². The van der Waals surface area contributed by atoms with Crippen molar-refractivity contribution in [2.45, 2.75) is 32.7 Å². The number of nitrogens with zero attached hydrogens (tertiary/aromatic N) is 2. The predicted octanol–water partition coefficient (Wildman–Crippen LogP) is 3.70. The molecule has 4 rings (SSSR count). The second-order valence-corrected chi connectivity index (χ2v) is 7.22. The maximum atomic E-state index is 13.0. The van der Waals surface area contributed by atoms with Gasteiger partial charge in [-0.05, 0) is 35.6 Å². The largest absolute Gasteiger partial charge is 0.357 e. The summed E-state index contributed by atoms with van der Waals surface area (Å²) >= 11 is 0. The number of anilines is 2. The first-order chi connectivity index (χ1) is 11.5. The zero-order valence-electron chi connectivity index (χ0n) is 13.8. The number of Topliss-reactive ketones (excluding diaryl/α,β-unsaturated/α-hetero) is 1. The van der Waals surface area contributed by atoms with Crippen LogP contribution in [0.4, 0.5) is 11.5 Å². The Kier molecular flexibility index (Phi) is 3.37. The van der Waals surface area contributed by atoms with Crippen LogP contribution in [0.3, 0.4) is 0 Å². The van der Waals surface area contributed by atoms with Gasteiger partial charge in [0.2, 0.25) is 0 Å². The van der Waals surface area contributed by atoms with Crippen molar-refractivity contribution in [1.82, 2.24) is 9.97 Å². The number of ketones is 1. The van der Waals surface area contributed by atoms with Crippen LogP contribution >= 0.6 is 0 Å². The minimum absolute atomic E-state index is 0.0465. The van der Waals surface area contributed by atoms with E-state index < -0.39 is 0 Å². The first-order valence-electron chi connectivity index (χ1n) is 8.18. The molecule has 2 aromatic heterocycles. The van der Waals surface area contributed by atoms with Crippen molar-refractivity contribution in [2.24, 2.45) is 5.41 Å². The Morgan fingerprint density at radius 1 is 1.17 bits per heavy atom. The van der Waals surface area contributed by atoms with Gasteiger partial charge < -0.3 is 10.6 Å². The number of allylic oxidation sites excluding steroid dienone is 1. The van der Waals surface area contributed by atoms with Crippen molar-refractivity contribution in [3.05, 3.63) is 59.7 Å². The second kappa shape index (κ2) is 5.44. The third kappa shape index (κ3) is 2.56. The number of hydrogen-bond acceptors (Lipinski definition) is 5. The molecule has 1 aliphatic carbocycles. The molecule has 5 nitrogen and oxygen atoms in total. The zero-order chi connectivity index (χ0) is 16.7. The summed E-state index contributed by atoms with van der Waals surface area (Å²) in [6.07, 6.45) is 6.69. The number of nitrogens with one attached hydrogen (secondary N) is 2. The molecule has 122 valence electrons. The molecule has 3 heterocycles. The zero-order valence-corrected chi connectivity index (χ0v) is 13.8. The van der Waals surface area contributed by atoms with Crippen LogP contribution in [0.15, 0.2) is 54.1 Å². The smallest absolute Gasteiger partial charge is 0.163 e. The van der Waals surface area contributed by atoms with Gasteiger partial charge in [0.25, 0.3) is 0 Å². The van der Waals surface area contributed by atoms with Gasteiger partial charge in [0.1, 0.15) is 5.82 Å². The van der Waals surface area contributed by atoms with E-state index in [0.29, 0.717) is 6.42 Å². The lowest BCUT2D eigenvalue weighted by Crippen LogP contribution is -2.31. The van der Waals surface area contributed by atoms with E-state index in [1.165, 1.54) is 0 Å². The SMILES string of the molecule is CC1(C)CC(=O)C2=C(C1)Nc1cccnc1NC2c1cccnc1. The molecule has 1 aliphatic heterocycles. The van der Waals surface area contributed by atoms with Crippen LogP contribution in [0.1, 0.15) is 38.3 Å². The summed E-state index contributed by atoms with van der Waals surface area (Å²) in [7, 11) is 0. The molecule has 0 saturated heterocycles. The Morgan fingerprint density at radius 2 is 2.00 bits per heavy atom. The topological polar surface area (TPSA) is 66.9 Å². The summed E-state index contributed by atoms with van der Waals surface area (Å²) in [4.78, 5) is 21.6. The minimum Gasteiger partial charge on any atom is -0.357 e. The van der Waals surface area contributed by atoms with Gasteiger partial charge >= 0.3 is 0 Å². The molecular formula is C19H20N4O. The van der Waals surface area contributed by atoms with E-state index in [4.69, 9.17) is 0 Å². The fourth-order valence-electron chi connectivity index (χ4n) is 3.57. The van der Waals surface area contributed by atoms with Crippen molar-refractivity contribution < 1.29 is 4.79 Å². The van der Waals surface area contributed by atoms with Gasteiger partial charge in [-0.3, -0.25) is 9.78 Å². The lowest BCUT2D eigenvalue weighted by molar-refractivity contribution is -0.118. The van der Waals surface area contributed by atoms with Gasteiger partial charge in [-0.2, -0.15) is 0 Å². The number of carbonyl (C=O) groups is 1. The predicted molar refractivity (Wildman–Crippen MR) is 93.5 cm³/mol. The van der Waals surface area contributed by atoms with Crippen LogP contribution in [0.25, 0.3) is 0 Å². The monoisotopic (exact) mass is 320 g/mol. The Morgan fingerprint density at radius 3 is 2.79 bits per heavy atom. The number of hydrogen-bond donors (Lipinski definition) is 2. The summed E-state index contributed by atoms with van der Waals surface area (Å²) in [5.74, 6) is 0.939. The molecule has 0 bridgehead atoms. The number of carbonyl (C=O) groups excluding carboxylic acids is 1. The molecule has 1 atom stereocenters. The first-order valence-corrected chi connectivity index (χ1v) is 8.18. The molecule has 1 unspecified atom stereocenters. The number of pyridine rings is 2. The number of rotatable bonds is 1. The van der Waals surface area contributed by atoms with Crippen LogP contribution < -0.4 is 10.6 Å². The van der Waals surface area contributed by atoms with Crippen molar-refractivity contribution in [2.75, 3.05) is 10.6 Å². The van der Waals surface area contributed by atoms with Crippen molar-refractivity contribution in [1.29, 1.82) is 0 Å². The Bertz CT molecular complexity index is 826. The van der Waals surface area contributed by atoms with Crippen LogP contribution in [-0.4, -0.2) is 15.8 Å². The quantitative estimate of drug-likeness (QED) is 0.838. The molecule has 0 saturated carbocycles. The molecule has 0 fully saturated rings. The molecule has 5 heteroatoms. The maximum Gasteiger partial charge on any atom is 0.163 e. The third-order valence-electron chi connectivity index (χ3n) is 4.60. The Labute approximate surface area is 141 Å². The highest BCUT2D eigenvalue weighted by molar-refractivity contribution is 6.00. The Hall–Kier alpha value is -2.69. The van der Waals surface area contributed by atoms with Gasteiger partial charge in [0.05, 0.1) is 11.7 Å². The first kappa shape index (κ1) is 14.9. The Balaban J connectivity index is 1.89. The van der Waals surface area contributed by atoms with Crippen molar-refractivity contribution in [3.8, 4) is 0 Å². The van der Waals surface area contributed by atoms with Crippen LogP contribution in [-0.2, 0) is 4.79 Å². The lowest BCUT2D eigenvalue weighted by Gasteiger charge is -2.34. The normalized spacial score (nSPS) is 21.9. The summed E-state index contributed by atoms with van der Waals surface area (Å²) in [5.41, 5.74) is 3.62. The van der Waals surface area contributed by atoms with Crippen LogP contribution in [0, 0.1) is 5.41 Å². The highest BCUT2D eigenvalue weighted by Crippen LogP contribution is 2.44. The van der Waals surface area contributed by atoms with E-state index in [1.54, 1.807) is 12.4 Å².